The number of imidazole rings is 1. The lowest BCUT2D eigenvalue weighted by atomic mass is 9.49. The molecular weight excluding hydrogens is 405 g/mol. The molecule has 0 spiro atoms. The molecule has 31 heavy (non-hydrogen) atoms. The van der Waals surface area contributed by atoms with E-state index in [0.29, 0.717) is 42.4 Å². The van der Waals surface area contributed by atoms with E-state index < -0.39 is 11.8 Å². The van der Waals surface area contributed by atoms with E-state index in [9.17, 15) is 23.1 Å². The Morgan fingerprint density at radius 1 is 1.10 bits per heavy atom. The Hall–Kier alpha value is -1.37. The first kappa shape index (κ1) is 21.5. The van der Waals surface area contributed by atoms with Gasteiger partial charge in [0.1, 0.15) is 0 Å². The number of carbonyl (C=O) groups excluding carboxylic acids is 1. The summed E-state index contributed by atoms with van der Waals surface area (Å²) < 4.78 is 42.1. The fourth-order valence-electron chi connectivity index (χ4n) is 8.34. The summed E-state index contributed by atoms with van der Waals surface area (Å²) in [6.45, 7) is 2.68. The topological polar surface area (TPSA) is 55.1 Å². The standard InChI is InChI=1S/C24H33F3N2O2/c1-22-8-6-17-16-7-9-23(31,24(25,26)27)12-15(16)2-3-18(17)19(22)4-5-20(22)21(30)13-29-11-10-28-14-29/h10-11,14-20,31H,2-9,12-13H2,1H3/t15-,16+,17-,18-,19+,20-,22+,23-/m1/s1. The molecule has 7 heteroatoms. The fourth-order valence-corrected chi connectivity index (χ4v) is 8.34. The predicted molar refractivity (Wildman–Crippen MR) is 109 cm³/mol. The molecule has 172 valence electrons. The minimum Gasteiger partial charge on any atom is -0.380 e. The summed E-state index contributed by atoms with van der Waals surface area (Å²) in [5, 5.41) is 10.3. The van der Waals surface area contributed by atoms with Gasteiger partial charge >= 0.3 is 6.18 Å². The van der Waals surface area contributed by atoms with Gasteiger partial charge in [0.05, 0.1) is 12.9 Å². The summed E-state index contributed by atoms with van der Waals surface area (Å²) in [5.41, 5.74) is -2.49. The quantitative estimate of drug-likeness (QED) is 0.721. The van der Waals surface area contributed by atoms with Gasteiger partial charge in [0, 0.05) is 18.3 Å². The van der Waals surface area contributed by atoms with E-state index in [0.717, 1.165) is 38.5 Å². The highest BCUT2D eigenvalue weighted by Crippen LogP contribution is 2.65. The van der Waals surface area contributed by atoms with E-state index >= 15 is 0 Å². The lowest BCUT2D eigenvalue weighted by Gasteiger charge is -2.57. The van der Waals surface area contributed by atoms with Crippen LogP contribution in [-0.2, 0) is 11.3 Å². The molecule has 4 saturated carbocycles. The summed E-state index contributed by atoms with van der Waals surface area (Å²) in [4.78, 5) is 17.2. The van der Waals surface area contributed by atoms with Crippen LogP contribution in [0.5, 0.6) is 0 Å². The summed E-state index contributed by atoms with van der Waals surface area (Å²) in [6.07, 6.45) is 6.60. The molecule has 8 atom stereocenters. The SMILES string of the molecule is C[C@]12CC[C@H]3[C@@H](CC[C@@H]4C[C@@](O)(C(F)(F)F)CC[C@@H]43)[C@@H]1CC[C@@H]2C(=O)Cn1ccnc1. The molecule has 4 aliphatic carbocycles. The number of ketones is 1. The second-order valence-corrected chi connectivity index (χ2v) is 11.1. The van der Waals surface area contributed by atoms with E-state index in [-0.39, 0.29) is 30.1 Å². The Labute approximate surface area is 181 Å². The van der Waals surface area contributed by atoms with Gasteiger partial charge in [0.15, 0.2) is 11.4 Å². The molecule has 5 rings (SSSR count). The maximum atomic E-state index is 13.4. The van der Waals surface area contributed by atoms with Crippen molar-refractivity contribution in [3.05, 3.63) is 18.7 Å². The van der Waals surface area contributed by atoms with Crippen molar-refractivity contribution in [1.82, 2.24) is 9.55 Å². The van der Waals surface area contributed by atoms with Crippen LogP contribution in [0.25, 0.3) is 0 Å². The number of fused-ring (bicyclic) bond motifs is 5. The van der Waals surface area contributed by atoms with Crippen molar-refractivity contribution >= 4 is 5.78 Å². The first-order chi connectivity index (χ1) is 14.6. The molecule has 1 N–H and O–H groups in total. The van der Waals surface area contributed by atoms with Gasteiger partial charge in [-0.2, -0.15) is 13.2 Å². The third kappa shape index (κ3) is 3.37. The molecule has 0 aromatic carbocycles. The number of hydrogen-bond acceptors (Lipinski definition) is 3. The predicted octanol–water partition coefficient (Wildman–Crippen LogP) is 5.01. The average Bonchev–Trinajstić information content (AvgIpc) is 3.33. The second-order valence-electron chi connectivity index (χ2n) is 11.1. The maximum absolute atomic E-state index is 13.4. The van der Waals surface area contributed by atoms with Crippen molar-refractivity contribution in [2.75, 3.05) is 0 Å². The van der Waals surface area contributed by atoms with Gasteiger partial charge in [0.2, 0.25) is 0 Å². The van der Waals surface area contributed by atoms with Gasteiger partial charge in [-0.3, -0.25) is 4.79 Å². The Bertz CT molecular complexity index is 825. The summed E-state index contributed by atoms with van der Waals surface area (Å²) in [5.74, 6) is 2.11. The molecule has 0 aliphatic heterocycles. The van der Waals surface area contributed by atoms with Crippen LogP contribution < -0.4 is 0 Å². The third-order valence-corrected chi connectivity index (χ3v) is 9.82. The highest BCUT2D eigenvalue weighted by molar-refractivity contribution is 5.82. The first-order valence-electron chi connectivity index (χ1n) is 11.9. The smallest absolute Gasteiger partial charge is 0.380 e. The third-order valence-electron chi connectivity index (χ3n) is 9.82. The van der Waals surface area contributed by atoms with Crippen LogP contribution in [0.4, 0.5) is 13.2 Å². The normalized spacial score (nSPS) is 44.9. The molecule has 4 aliphatic rings. The van der Waals surface area contributed by atoms with Crippen LogP contribution >= 0.6 is 0 Å². The molecule has 0 unspecified atom stereocenters. The van der Waals surface area contributed by atoms with Crippen LogP contribution in [0.2, 0.25) is 0 Å². The largest absolute Gasteiger partial charge is 0.417 e. The molecule has 4 nitrogen and oxygen atoms in total. The number of rotatable bonds is 3. The lowest BCUT2D eigenvalue weighted by molar-refractivity contribution is -0.282. The number of hydrogen-bond donors (Lipinski definition) is 1. The zero-order valence-electron chi connectivity index (χ0n) is 18.2. The van der Waals surface area contributed by atoms with Crippen molar-refractivity contribution in [2.24, 2.45) is 40.9 Å². The zero-order valence-corrected chi connectivity index (χ0v) is 18.2. The van der Waals surface area contributed by atoms with Gasteiger partial charge in [-0.1, -0.05) is 6.92 Å². The van der Waals surface area contributed by atoms with Crippen LogP contribution in [0, 0.1) is 40.9 Å². The van der Waals surface area contributed by atoms with E-state index in [1.54, 1.807) is 12.5 Å². The number of aromatic nitrogens is 2. The van der Waals surface area contributed by atoms with Crippen LogP contribution in [-0.4, -0.2) is 32.2 Å². The number of carbonyl (C=O) groups is 1. The number of halogens is 3. The van der Waals surface area contributed by atoms with Gasteiger partial charge in [-0.15, -0.1) is 0 Å². The van der Waals surface area contributed by atoms with E-state index in [1.165, 1.54) is 0 Å². The highest BCUT2D eigenvalue weighted by atomic mass is 19.4. The lowest BCUT2D eigenvalue weighted by Crippen LogP contribution is -2.55. The molecule has 4 fully saturated rings. The van der Waals surface area contributed by atoms with Gasteiger partial charge in [-0.05, 0) is 92.8 Å². The number of nitrogens with zero attached hydrogens (tertiary/aromatic N) is 2. The van der Waals surface area contributed by atoms with Crippen LogP contribution in [0.1, 0.15) is 64.7 Å². The minimum atomic E-state index is -4.53. The summed E-state index contributed by atoms with van der Waals surface area (Å²) in [7, 11) is 0. The zero-order chi connectivity index (χ0) is 22.0. The second kappa shape index (κ2) is 7.32. The molecule has 0 saturated heterocycles. The summed E-state index contributed by atoms with van der Waals surface area (Å²) >= 11 is 0. The molecule has 0 bridgehead atoms. The maximum Gasteiger partial charge on any atom is 0.417 e. The molecule has 1 aromatic heterocycles. The summed E-state index contributed by atoms with van der Waals surface area (Å²) in [6, 6.07) is 0. The number of aliphatic hydroxyl groups is 1. The molecular formula is C24H33F3N2O2. The van der Waals surface area contributed by atoms with Crippen LogP contribution in [0.15, 0.2) is 18.7 Å². The Morgan fingerprint density at radius 3 is 2.58 bits per heavy atom. The van der Waals surface area contributed by atoms with E-state index in [4.69, 9.17) is 0 Å². The van der Waals surface area contributed by atoms with Crippen molar-refractivity contribution in [3.8, 4) is 0 Å². The average molecular weight is 439 g/mol. The van der Waals surface area contributed by atoms with Crippen molar-refractivity contribution in [1.29, 1.82) is 0 Å². The monoisotopic (exact) mass is 438 g/mol. The Balaban J connectivity index is 1.30. The first-order valence-corrected chi connectivity index (χ1v) is 11.9. The molecule has 0 amide bonds. The van der Waals surface area contributed by atoms with Gasteiger partial charge < -0.3 is 9.67 Å². The fraction of sp³-hybridized carbons (Fsp3) is 0.833. The highest BCUT2D eigenvalue weighted by Gasteiger charge is 2.62. The molecule has 1 heterocycles. The number of Topliss-reactive ketones (excluding diaryl/α,β-unsaturated/α-hetero) is 1. The van der Waals surface area contributed by atoms with Gasteiger partial charge in [-0.25, -0.2) is 4.98 Å². The van der Waals surface area contributed by atoms with Crippen LogP contribution in [0.3, 0.4) is 0 Å². The minimum absolute atomic E-state index is 0.00699. The van der Waals surface area contributed by atoms with Crippen molar-refractivity contribution in [2.45, 2.75) is 83.0 Å². The Kier molecular flexibility index (Phi) is 5.07. The van der Waals surface area contributed by atoms with Crippen molar-refractivity contribution in [3.63, 3.8) is 0 Å². The molecule has 0 radical (unpaired) electrons. The van der Waals surface area contributed by atoms with E-state index in [2.05, 4.69) is 11.9 Å². The molecule has 1 aromatic rings. The Morgan fingerprint density at radius 2 is 1.87 bits per heavy atom. The number of alkyl halides is 3. The van der Waals surface area contributed by atoms with Crippen molar-refractivity contribution < 1.29 is 23.1 Å². The van der Waals surface area contributed by atoms with Gasteiger partial charge in [0.25, 0.3) is 0 Å². The van der Waals surface area contributed by atoms with E-state index in [1.807, 2.05) is 10.8 Å².